The van der Waals surface area contributed by atoms with Gasteiger partial charge in [0.15, 0.2) is 0 Å². The molecule has 0 fully saturated rings. The van der Waals surface area contributed by atoms with Crippen LogP contribution in [0.2, 0.25) is 0 Å². The Morgan fingerprint density at radius 2 is 1.44 bits per heavy atom. The molecule has 0 aromatic carbocycles. The van der Waals surface area contributed by atoms with E-state index in [-0.39, 0.29) is 17.8 Å². The molecule has 1 aromatic rings. The molecule has 1 aromatic heterocycles. The topological polar surface area (TPSA) is 183 Å². The zero-order valence-corrected chi connectivity index (χ0v) is 8.91. The summed E-state index contributed by atoms with van der Waals surface area (Å²) < 4.78 is 13.3. The maximum atomic E-state index is 9.63. The van der Waals surface area contributed by atoms with Crippen LogP contribution < -0.4 is 17.2 Å². The lowest BCUT2D eigenvalue weighted by molar-refractivity contribution is 0.259. The summed E-state index contributed by atoms with van der Waals surface area (Å²) >= 11 is 0. The maximum absolute atomic E-state index is 9.63. The summed E-state index contributed by atoms with van der Waals surface area (Å²) in [7, 11) is -4.28. The van der Waals surface area contributed by atoms with Gasteiger partial charge in [-0.3, -0.25) is 9.79 Å². The molecule has 11 heteroatoms. The van der Waals surface area contributed by atoms with Gasteiger partial charge < -0.3 is 21.7 Å². The quantitative estimate of drug-likeness (QED) is 0.317. The fourth-order valence-corrected chi connectivity index (χ4v) is 0.718. The monoisotopic (exact) mass is 250 g/mol. The van der Waals surface area contributed by atoms with Crippen molar-refractivity contribution in [3.63, 3.8) is 0 Å². The molecule has 90 valence electrons. The van der Waals surface area contributed by atoms with Crippen LogP contribution in [0, 0.1) is 0 Å². The number of nitrogen functional groups attached to an aromatic ring is 3. The fraction of sp³-hybridized carbons (Fsp3) is 0. The largest absolute Gasteiger partial charge is 0.524 e. The highest BCUT2D eigenvalue weighted by Crippen LogP contribution is 2.35. The molecule has 0 atom stereocenters. The fourth-order valence-electron chi connectivity index (χ4n) is 0.524. The molecular formula is C5H11N6O4P. The van der Waals surface area contributed by atoms with Gasteiger partial charge in [-0.05, 0) is 0 Å². The van der Waals surface area contributed by atoms with E-state index in [0.717, 1.165) is 0 Å². The summed E-state index contributed by atoms with van der Waals surface area (Å²) in [6.07, 6.45) is 0.695. The highest BCUT2D eigenvalue weighted by molar-refractivity contribution is 7.46. The zero-order chi connectivity index (χ0) is 12.8. The minimum atomic E-state index is -4.28. The van der Waals surface area contributed by atoms with Crippen LogP contribution in [0.1, 0.15) is 0 Å². The average molecular weight is 250 g/mol. The Bertz CT molecular complexity index is 355. The van der Waals surface area contributed by atoms with Crippen molar-refractivity contribution in [2.75, 3.05) is 17.2 Å². The van der Waals surface area contributed by atoms with Gasteiger partial charge in [-0.15, -0.1) is 0 Å². The second kappa shape index (κ2) is 5.85. The molecule has 0 saturated heterocycles. The van der Waals surface area contributed by atoms with Crippen molar-refractivity contribution in [1.29, 1.82) is 0 Å². The van der Waals surface area contributed by atoms with Gasteiger partial charge in [0, 0.05) is 0 Å². The number of aromatic nitrogens is 3. The number of nitrogens with two attached hydrogens (primary N) is 3. The van der Waals surface area contributed by atoms with E-state index in [1.165, 1.54) is 0 Å². The maximum Gasteiger partial charge on any atom is 0.524 e. The van der Waals surface area contributed by atoms with Crippen molar-refractivity contribution >= 4 is 25.7 Å². The molecule has 0 bridgehead atoms. The normalized spacial score (nSPS) is 9.88. The standard InChI is InChI=1S/C3H6N6.C2H5O4P/c4-1-7-2(5)9-3(6)8-1;1-2-6-7(3,4)5/h(H6,4,5,6,7,8,9);2H,1H2,(H2,3,4,5). The number of rotatable bonds is 2. The second-order valence-electron chi connectivity index (χ2n) is 2.17. The molecule has 0 radical (unpaired) electrons. The third-order valence-electron chi connectivity index (χ3n) is 0.899. The van der Waals surface area contributed by atoms with E-state index in [0.29, 0.717) is 6.26 Å². The van der Waals surface area contributed by atoms with Gasteiger partial charge in [-0.2, -0.15) is 15.0 Å². The van der Waals surface area contributed by atoms with Crippen LogP contribution in [0.5, 0.6) is 0 Å². The van der Waals surface area contributed by atoms with E-state index in [9.17, 15) is 4.57 Å². The van der Waals surface area contributed by atoms with E-state index in [1.54, 1.807) is 0 Å². The Morgan fingerprint density at radius 1 is 1.12 bits per heavy atom. The molecular weight excluding hydrogens is 239 g/mol. The van der Waals surface area contributed by atoms with Gasteiger partial charge in [0.05, 0.1) is 6.26 Å². The first-order chi connectivity index (χ1) is 7.24. The molecule has 0 amide bonds. The number of nitrogens with zero attached hydrogens (tertiary/aromatic N) is 3. The molecule has 0 spiro atoms. The lowest BCUT2D eigenvalue weighted by Gasteiger charge is -1.96. The molecule has 16 heavy (non-hydrogen) atoms. The number of anilines is 3. The Labute approximate surface area is 90.4 Å². The van der Waals surface area contributed by atoms with E-state index < -0.39 is 7.82 Å². The summed E-state index contributed by atoms with van der Waals surface area (Å²) in [5.41, 5.74) is 15.4. The molecule has 8 N–H and O–H groups in total. The van der Waals surface area contributed by atoms with Crippen molar-refractivity contribution in [2.45, 2.75) is 0 Å². The van der Waals surface area contributed by atoms with Crippen molar-refractivity contribution in [3.05, 3.63) is 12.8 Å². The van der Waals surface area contributed by atoms with E-state index in [1.807, 2.05) is 0 Å². The third kappa shape index (κ3) is 7.50. The number of phosphoric acid groups is 1. The van der Waals surface area contributed by atoms with Crippen molar-refractivity contribution in [3.8, 4) is 0 Å². The lowest BCUT2D eigenvalue weighted by Crippen LogP contribution is -2.05. The van der Waals surface area contributed by atoms with Crippen LogP contribution in [0.4, 0.5) is 17.8 Å². The highest BCUT2D eigenvalue weighted by Gasteiger charge is 2.10. The van der Waals surface area contributed by atoms with Crippen LogP contribution in [0.3, 0.4) is 0 Å². The van der Waals surface area contributed by atoms with Gasteiger partial charge in [-0.25, -0.2) is 4.57 Å². The SMILES string of the molecule is C=COP(=O)(O)O.Nc1nc(N)nc(N)n1. The minimum absolute atomic E-state index is 0.0417. The molecule has 0 aliphatic carbocycles. The summed E-state index contributed by atoms with van der Waals surface area (Å²) in [5, 5.41) is 0. The van der Waals surface area contributed by atoms with Gasteiger partial charge in [0.25, 0.3) is 0 Å². The van der Waals surface area contributed by atoms with Gasteiger partial charge in [-0.1, -0.05) is 6.58 Å². The van der Waals surface area contributed by atoms with Crippen LogP contribution in [0.25, 0.3) is 0 Å². The van der Waals surface area contributed by atoms with Crippen molar-refractivity contribution in [2.24, 2.45) is 0 Å². The molecule has 1 heterocycles. The van der Waals surface area contributed by atoms with Crippen LogP contribution in [-0.2, 0) is 9.09 Å². The van der Waals surface area contributed by atoms with Crippen LogP contribution in [0.15, 0.2) is 12.8 Å². The third-order valence-corrected chi connectivity index (χ3v) is 1.32. The molecule has 1 rings (SSSR count). The molecule has 0 aliphatic heterocycles. The van der Waals surface area contributed by atoms with Gasteiger partial charge in [0.1, 0.15) is 0 Å². The van der Waals surface area contributed by atoms with E-state index in [4.69, 9.17) is 27.0 Å². The first-order valence-corrected chi connectivity index (χ1v) is 5.15. The van der Waals surface area contributed by atoms with Crippen LogP contribution in [-0.4, -0.2) is 24.7 Å². The van der Waals surface area contributed by atoms with Crippen LogP contribution >= 0.6 is 7.82 Å². The predicted molar refractivity (Wildman–Crippen MR) is 56.4 cm³/mol. The number of hydrogen-bond donors (Lipinski definition) is 5. The van der Waals surface area contributed by atoms with Crippen molar-refractivity contribution < 1.29 is 18.9 Å². The summed E-state index contributed by atoms with van der Waals surface area (Å²) in [6, 6.07) is 0. The number of hydrogen-bond acceptors (Lipinski definition) is 8. The van der Waals surface area contributed by atoms with Crippen molar-refractivity contribution in [1.82, 2.24) is 15.0 Å². The Morgan fingerprint density at radius 3 is 1.56 bits per heavy atom. The summed E-state index contributed by atoms with van der Waals surface area (Å²) in [6.45, 7) is 2.93. The highest BCUT2D eigenvalue weighted by atomic mass is 31.2. The first-order valence-electron chi connectivity index (χ1n) is 3.62. The molecule has 0 unspecified atom stereocenters. The van der Waals surface area contributed by atoms with Gasteiger partial charge in [0.2, 0.25) is 17.8 Å². The zero-order valence-electron chi connectivity index (χ0n) is 8.02. The lowest BCUT2D eigenvalue weighted by atomic mass is 10.9. The molecule has 0 aliphatic rings. The first kappa shape index (κ1) is 14.1. The predicted octanol–water partition coefficient (Wildman–Crippen LogP) is -1.14. The Hall–Kier alpha value is -1.90. The summed E-state index contributed by atoms with van der Waals surface area (Å²) in [4.78, 5) is 26.1. The Balaban J connectivity index is 0.000000293. The molecule has 10 nitrogen and oxygen atoms in total. The van der Waals surface area contributed by atoms with E-state index in [2.05, 4.69) is 26.1 Å². The molecule has 0 saturated carbocycles. The van der Waals surface area contributed by atoms with Gasteiger partial charge >= 0.3 is 7.82 Å². The average Bonchev–Trinajstić information content (AvgIpc) is 1.98. The second-order valence-corrected chi connectivity index (χ2v) is 3.36. The number of phosphoric ester groups is 1. The Kier molecular flexibility index (Phi) is 5.16. The van der Waals surface area contributed by atoms with E-state index >= 15 is 0 Å². The minimum Gasteiger partial charge on any atom is -0.413 e. The smallest absolute Gasteiger partial charge is 0.413 e. The summed E-state index contributed by atoms with van der Waals surface area (Å²) in [5.74, 6) is 0.125.